The lowest BCUT2D eigenvalue weighted by atomic mass is 9.99. The smallest absolute Gasteiger partial charge is 0.242 e. The predicted octanol–water partition coefficient (Wildman–Crippen LogP) is 1.99. The monoisotopic (exact) mass is 546 g/mol. The quantitative estimate of drug-likeness (QED) is 0.441. The summed E-state index contributed by atoms with van der Waals surface area (Å²) >= 11 is 10.5. The zero-order chi connectivity index (χ0) is 23.6. The molecular formula is C22H24BrClN8O2. The number of aromatic nitrogens is 4. The van der Waals surface area contributed by atoms with E-state index in [4.69, 9.17) is 27.8 Å². The highest BCUT2D eigenvalue weighted by molar-refractivity contribution is 9.10. The highest BCUT2D eigenvalue weighted by Crippen LogP contribution is 2.49. The number of nitrogen functional groups attached to an aromatic ring is 1. The molecule has 10 nitrogen and oxygen atoms in total. The number of nitrogens with one attached hydrogen (secondary N) is 1. The number of halogens is 2. The number of imidazole rings is 1. The molecule has 0 radical (unpaired) electrons. The summed E-state index contributed by atoms with van der Waals surface area (Å²) in [5, 5.41) is 3.70. The number of nitrogens with zero attached hydrogens (tertiary/aromatic N) is 5. The summed E-state index contributed by atoms with van der Waals surface area (Å²) in [5.74, 6) is 0.999. The van der Waals surface area contributed by atoms with Crippen LogP contribution in [-0.2, 0) is 17.8 Å². The number of nitrogens with two attached hydrogens (primary N) is 2. The van der Waals surface area contributed by atoms with Crippen molar-refractivity contribution in [1.82, 2.24) is 24.8 Å². The number of anilines is 2. The zero-order valence-corrected chi connectivity index (χ0v) is 20.7. The molecule has 1 atom stereocenters. The highest BCUT2D eigenvalue weighted by Gasteiger charge is 2.45. The van der Waals surface area contributed by atoms with E-state index in [1.807, 2.05) is 4.57 Å². The third-order valence-electron chi connectivity index (χ3n) is 6.84. The lowest BCUT2D eigenvalue weighted by Crippen LogP contribution is -2.56. The van der Waals surface area contributed by atoms with E-state index in [0.29, 0.717) is 54.7 Å². The van der Waals surface area contributed by atoms with Crippen molar-refractivity contribution in [1.29, 1.82) is 0 Å². The van der Waals surface area contributed by atoms with Crippen LogP contribution in [0.25, 0.3) is 11.2 Å². The molecule has 12 heteroatoms. The fraction of sp³-hybridized carbons (Fsp3) is 0.455. The molecule has 2 aliphatic heterocycles. The van der Waals surface area contributed by atoms with Crippen molar-refractivity contribution in [2.75, 3.05) is 30.3 Å². The topological polar surface area (TPSA) is 137 Å². The van der Waals surface area contributed by atoms with Gasteiger partial charge in [0.05, 0.1) is 30.2 Å². The van der Waals surface area contributed by atoms with Gasteiger partial charge in [0.1, 0.15) is 23.1 Å². The molecule has 1 saturated carbocycles. The van der Waals surface area contributed by atoms with E-state index in [1.165, 1.54) is 6.33 Å². The van der Waals surface area contributed by atoms with E-state index in [-0.39, 0.29) is 11.9 Å². The second kappa shape index (κ2) is 7.96. The lowest BCUT2D eigenvalue weighted by Gasteiger charge is -2.28. The molecule has 0 spiro atoms. The van der Waals surface area contributed by atoms with Gasteiger partial charge in [0.15, 0.2) is 11.5 Å². The summed E-state index contributed by atoms with van der Waals surface area (Å²) in [5.41, 5.74) is 15.6. The normalized spacial score (nSPS) is 21.7. The van der Waals surface area contributed by atoms with Crippen LogP contribution >= 0.6 is 27.5 Å². The van der Waals surface area contributed by atoms with Crippen LogP contribution in [0, 0.1) is 0 Å². The number of benzene rings is 1. The Morgan fingerprint density at radius 2 is 2.18 bits per heavy atom. The summed E-state index contributed by atoms with van der Waals surface area (Å²) in [4.78, 5) is 27.8. The average Bonchev–Trinajstić information content (AvgIpc) is 3.19. The molecule has 6 rings (SSSR count). The molecule has 2 aromatic heterocycles. The maximum absolute atomic E-state index is 12.9. The molecule has 1 aliphatic carbocycles. The van der Waals surface area contributed by atoms with E-state index >= 15 is 0 Å². The standard InChI is InChI=1S/C22H24BrClN8O2/c23-14-13(7-32-10-29-16-19(25)27-9-28-20(16)32)17(18-12(15(14)24)3-6-34-18)31-5-4-22(26,8-31)21(33)30-11-1-2-11/h9-11H,1-8,26H2,(H,30,33)(H2,25,27,28). The maximum Gasteiger partial charge on any atom is 0.242 e. The van der Waals surface area contributed by atoms with E-state index in [2.05, 4.69) is 41.1 Å². The molecule has 3 aliphatic rings. The van der Waals surface area contributed by atoms with Gasteiger partial charge in [0.2, 0.25) is 5.91 Å². The second-order valence-electron chi connectivity index (χ2n) is 9.24. The minimum Gasteiger partial charge on any atom is -0.491 e. The first kappa shape index (κ1) is 21.9. The van der Waals surface area contributed by atoms with Crippen LogP contribution in [0.15, 0.2) is 17.1 Å². The Morgan fingerprint density at radius 3 is 2.97 bits per heavy atom. The highest BCUT2D eigenvalue weighted by atomic mass is 79.9. The molecule has 1 unspecified atom stereocenters. The van der Waals surface area contributed by atoms with Gasteiger partial charge in [-0.15, -0.1) is 0 Å². The molecule has 178 valence electrons. The average molecular weight is 548 g/mol. The maximum atomic E-state index is 12.9. The summed E-state index contributed by atoms with van der Waals surface area (Å²) in [6.45, 7) is 1.99. The lowest BCUT2D eigenvalue weighted by molar-refractivity contribution is -0.125. The van der Waals surface area contributed by atoms with Gasteiger partial charge in [-0.1, -0.05) is 11.6 Å². The predicted molar refractivity (Wildman–Crippen MR) is 132 cm³/mol. The number of carbonyl (C=O) groups excluding carboxylic acids is 1. The SMILES string of the molecule is Nc1ncnc2c1ncn2Cc1c(Br)c(Cl)c2c(c1N1CCC(N)(C(=O)NC3CC3)C1)OCC2. The van der Waals surface area contributed by atoms with Crippen LogP contribution in [0.4, 0.5) is 11.5 Å². The molecule has 1 aromatic carbocycles. The van der Waals surface area contributed by atoms with Crippen LogP contribution in [0.3, 0.4) is 0 Å². The minimum absolute atomic E-state index is 0.0857. The minimum atomic E-state index is -0.958. The van der Waals surface area contributed by atoms with E-state index in [9.17, 15) is 4.79 Å². The van der Waals surface area contributed by atoms with Crippen LogP contribution < -0.4 is 26.4 Å². The van der Waals surface area contributed by atoms with Gasteiger partial charge in [-0.2, -0.15) is 0 Å². The summed E-state index contributed by atoms with van der Waals surface area (Å²) in [6.07, 6.45) is 6.43. The van der Waals surface area contributed by atoms with Gasteiger partial charge in [0, 0.05) is 41.2 Å². The van der Waals surface area contributed by atoms with Gasteiger partial charge in [-0.25, -0.2) is 15.0 Å². The Kier molecular flexibility index (Phi) is 5.12. The first-order chi connectivity index (χ1) is 16.4. The third kappa shape index (κ3) is 3.48. The van der Waals surface area contributed by atoms with Crippen molar-refractivity contribution in [3.63, 3.8) is 0 Å². The van der Waals surface area contributed by atoms with Gasteiger partial charge in [0.25, 0.3) is 0 Å². The van der Waals surface area contributed by atoms with Gasteiger partial charge >= 0.3 is 0 Å². The third-order valence-corrected chi connectivity index (χ3v) is 8.36. The number of amides is 1. The van der Waals surface area contributed by atoms with Crippen molar-refractivity contribution >= 4 is 56.1 Å². The fourth-order valence-electron chi connectivity index (χ4n) is 4.81. The number of ether oxygens (including phenoxy) is 1. The van der Waals surface area contributed by atoms with Crippen molar-refractivity contribution in [3.05, 3.63) is 33.3 Å². The molecule has 34 heavy (non-hydrogen) atoms. The molecular weight excluding hydrogens is 524 g/mol. The van der Waals surface area contributed by atoms with Crippen molar-refractivity contribution in [2.45, 2.75) is 43.8 Å². The number of rotatable bonds is 5. The number of hydrogen-bond acceptors (Lipinski definition) is 8. The second-order valence-corrected chi connectivity index (χ2v) is 10.4. The molecule has 0 bridgehead atoms. The molecule has 1 saturated heterocycles. The Hall–Kier alpha value is -2.63. The summed E-state index contributed by atoms with van der Waals surface area (Å²) in [6, 6.07) is 0.263. The van der Waals surface area contributed by atoms with Crippen molar-refractivity contribution in [2.24, 2.45) is 5.73 Å². The Bertz CT molecular complexity index is 1330. The first-order valence-electron chi connectivity index (χ1n) is 11.3. The summed E-state index contributed by atoms with van der Waals surface area (Å²) in [7, 11) is 0. The van der Waals surface area contributed by atoms with E-state index < -0.39 is 5.54 Å². The first-order valence-corrected chi connectivity index (χ1v) is 12.4. The zero-order valence-electron chi connectivity index (χ0n) is 18.4. The number of hydrogen-bond donors (Lipinski definition) is 3. The molecule has 1 amide bonds. The molecule has 2 fully saturated rings. The fourth-order valence-corrected chi connectivity index (χ4v) is 5.66. The van der Waals surface area contributed by atoms with Gasteiger partial charge in [-0.3, -0.25) is 4.79 Å². The van der Waals surface area contributed by atoms with Crippen LogP contribution in [0.2, 0.25) is 5.02 Å². The van der Waals surface area contributed by atoms with Crippen molar-refractivity contribution < 1.29 is 9.53 Å². The summed E-state index contributed by atoms with van der Waals surface area (Å²) < 4.78 is 8.78. The van der Waals surface area contributed by atoms with Gasteiger partial charge < -0.3 is 31.0 Å². The Morgan fingerprint density at radius 1 is 1.35 bits per heavy atom. The van der Waals surface area contributed by atoms with Crippen LogP contribution in [0.5, 0.6) is 5.75 Å². The van der Waals surface area contributed by atoms with E-state index in [1.54, 1.807) is 6.33 Å². The number of fused-ring (bicyclic) bond motifs is 2. The molecule has 5 N–H and O–H groups in total. The van der Waals surface area contributed by atoms with Crippen molar-refractivity contribution in [3.8, 4) is 5.75 Å². The Balaban J connectivity index is 1.42. The largest absolute Gasteiger partial charge is 0.491 e. The van der Waals surface area contributed by atoms with Gasteiger partial charge in [-0.05, 0) is 35.2 Å². The number of carbonyl (C=O) groups is 1. The van der Waals surface area contributed by atoms with Crippen LogP contribution in [-0.4, -0.2) is 56.7 Å². The van der Waals surface area contributed by atoms with E-state index in [0.717, 1.165) is 46.3 Å². The molecule has 3 aromatic rings. The van der Waals surface area contributed by atoms with Crippen LogP contribution in [0.1, 0.15) is 30.4 Å². The Labute approximate surface area is 209 Å². The molecule has 4 heterocycles.